The van der Waals surface area contributed by atoms with Crippen LogP contribution in [0.4, 0.5) is 0 Å². The van der Waals surface area contributed by atoms with Crippen LogP contribution in [0.1, 0.15) is 24.8 Å². The summed E-state index contributed by atoms with van der Waals surface area (Å²) in [6.45, 7) is 2.04. The quantitative estimate of drug-likeness (QED) is 0.918. The van der Waals surface area contributed by atoms with Crippen LogP contribution in [0, 0.1) is 0 Å². The van der Waals surface area contributed by atoms with Crippen molar-refractivity contribution in [1.29, 1.82) is 0 Å². The lowest BCUT2D eigenvalue weighted by Gasteiger charge is -2.16. The van der Waals surface area contributed by atoms with Crippen LogP contribution in [0.3, 0.4) is 0 Å². The maximum atomic E-state index is 12.0. The number of sulfone groups is 1. The molecule has 0 amide bonds. The highest BCUT2D eigenvalue weighted by molar-refractivity contribution is 7.91. The Morgan fingerprint density at radius 1 is 1.53 bits per heavy atom. The lowest BCUT2D eigenvalue weighted by molar-refractivity contribution is 0.517. The van der Waals surface area contributed by atoms with Gasteiger partial charge in [-0.05, 0) is 38.1 Å². The van der Waals surface area contributed by atoms with Gasteiger partial charge in [-0.25, -0.2) is 8.42 Å². The number of fused-ring (bicyclic) bond motifs is 1. The van der Waals surface area contributed by atoms with E-state index in [9.17, 15) is 8.42 Å². The van der Waals surface area contributed by atoms with Crippen molar-refractivity contribution in [3.8, 4) is 0 Å². The number of hydrogen-bond acceptors (Lipinski definition) is 3. The van der Waals surface area contributed by atoms with E-state index in [0.29, 0.717) is 9.92 Å². The molecule has 0 bridgehead atoms. The second-order valence-corrected chi connectivity index (χ2v) is 6.97. The van der Waals surface area contributed by atoms with Gasteiger partial charge in [0.15, 0.2) is 9.84 Å². The highest BCUT2D eigenvalue weighted by Crippen LogP contribution is 2.41. The maximum Gasteiger partial charge on any atom is 0.179 e. The van der Waals surface area contributed by atoms with Crippen LogP contribution in [0.2, 0.25) is 5.02 Å². The molecular weight excluding hydrogens is 258 g/mol. The smallest absolute Gasteiger partial charge is 0.179 e. The predicted octanol–water partition coefficient (Wildman–Crippen LogP) is 2.21. The number of rotatable bonds is 3. The summed E-state index contributed by atoms with van der Waals surface area (Å²) < 4.78 is 24.0. The van der Waals surface area contributed by atoms with Crippen molar-refractivity contribution in [2.75, 3.05) is 12.8 Å². The van der Waals surface area contributed by atoms with Gasteiger partial charge in [-0.2, -0.15) is 0 Å². The third-order valence-corrected chi connectivity index (χ3v) is 5.50. The number of hydrogen-bond donors (Lipinski definition) is 1. The largest absolute Gasteiger partial charge is 0.317 e. The van der Waals surface area contributed by atoms with Crippen LogP contribution >= 0.6 is 11.6 Å². The minimum atomic E-state index is -3.14. The molecule has 5 heteroatoms. The summed E-state index contributed by atoms with van der Waals surface area (Å²) in [5, 5.41) is 3.70. The lowest BCUT2D eigenvalue weighted by Crippen LogP contribution is -2.24. The maximum absolute atomic E-state index is 12.0. The normalized spacial score (nSPS) is 23.4. The van der Waals surface area contributed by atoms with Crippen molar-refractivity contribution < 1.29 is 8.42 Å². The second kappa shape index (κ2) is 4.59. The highest BCUT2D eigenvalue weighted by atomic mass is 35.5. The Hall–Kier alpha value is -0.580. The van der Waals surface area contributed by atoms with Gasteiger partial charge in [0.05, 0.1) is 10.6 Å². The molecule has 17 heavy (non-hydrogen) atoms. The summed E-state index contributed by atoms with van der Waals surface area (Å²) in [6, 6.07) is 5.39. The van der Waals surface area contributed by atoms with Crippen molar-refractivity contribution in [1.82, 2.24) is 5.32 Å². The number of benzene rings is 1. The van der Waals surface area contributed by atoms with E-state index in [1.807, 2.05) is 14.0 Å². The molecule has 1 aromatic carbocycles. The molecule has 0 aliphatic carbocycles. The first kappa shape index (κ1) is 12.9. The summed E-state index contributed by atoms with van der Waals surface area (Å²) in [6.07, 6.45) is 0.784. The van der Waals surface area contributed by atoms with Crippen molar-refractivity contribution in [3.05, 3.63) is 28.8 Å². The minimum Gasteiger partial charge on any atom is -0.317 e. The molecule has 1 N–H and O–H groups in total. The SMILES string of the molecule is CNC(C)CC1CS(=O)(=O)c2cccc(Cl)c21. The van der Waals surface area contributed by atoms with Crippen LogP contribution in [-0.2, 0) is 9.84 Å². The van der Waals surface area contributed by atoms with E-state index >= 15 is 0 Å². The molecule has 2 rings (SSSR count). The van der Waals surface area contributed by atoms with Crippen molar-refractivity contribution in [3.63, 3.8) is 0 Å². The van der Waals surface area contributed by atoms with Crippen LogP contribution in [0.15, 0.2) is 23.1 Å². The van der Waals surface area contributed by atoms with Crippen molar-refractivity contribution in [2.45, 2.75) is 30.2 Å². The van der Waals surface area contributed by atoms with Crippen molar-refractivity contribution in [2.24, 2.45) is 0 Å². The van der Waals surface area contributed by atoms with Crippen LogP contribution in [0.5, 0.6) is 0 Å². The van der Waals surface area contributed by atoms with Crippen molar-refractivity contribution >= 4 is 21.4 Å². The molecule has 0 saturated carbocycles. The van der Waals surface area contributed by atoms with Crippen LogP contribution < -0.4 is 5.32 Å². The molecule has 1 heterocycles. The zero-order valence-electron chi connectivity index (χ0n) is 9.90. The van der Waals surface area contributed by atoms with E-state index in [1.165, 1.54) is 0 Å². The Kier molecular flexibility index (Phi) is 3.48. The topological polar surface area (TPSA) is 46.2 Å². The first-order valence-electron chi connectivity index (χ1n) is 5.64. The average Bonchev–Trinajstić information content (AvgIpc) is 2.52. The Bertz CT molecular complexity index is 527. The Morgan fingerprint density at radius 2 is 2.24 bits per heavy atom. The summed E-state index contributed by atoms with van der Waals surface area (Å²) in [4.78, 5) is 0.415. The fourth-order valence-corrected chi connectivity index (χ4v) is 4.65. The molecule has 0 spiro atoms. The molecule has 0 aromatic heterocycles. The van der Waals surface area contributed by atoms with Gasteiger partial charge < -0.3 is 5.32 Å². The minimum absolute atomic E-state index is 0.00569. The summed E-state index contributed by atoms with van der Waals surface area (Å²) in [5.74, 6) is 0.184. The van der Waals surface area contributed by atoms with Crippen LogP contribution in [-0.4, -0.2) is 27.3 Å². The molecule has 1 aliphatic heterocycles. The van der Waals surface area contributed by atoms with Gasteiger partial charge in [0.25, 0.3) is 0 Å². The number of nitrogens with one attached hydrogen (secondary N) is 1. The standard InChI is InChI=1S/C12H16ClNO2S/c1-8(14-2)6-9-7-17(15,16)11-5-3-4-10(13)12(9)11/h3-5,8-9,14H,6-7H2,1-2H3. The Balaban J connectivity index is 2.43. The lowest BCUT2D eigenvalue weighted by atomic mass is 9.94. The van der Waals surface area contributed by atoms with Gasteiger partial charge in [0.1, 0.15) is 0 Å². The molecule has 0 fully saturated rings. The first-order chi connectivity index (χ1) is 7.95. The molecule has 1 aliphatic rings. The van der Waals surface area contributed by atoms with E-state index in [4.69, 9.17) is 11.6 Å². The fraction of sp³-hybridized carbons (Fsp3) is 0.500. The van der Waals surface area contributed by atoms with E-state index < -0.39 is 9.84 Å². The van der Waals surface area contributed by atoms with Crippen LogP contribution in [0.25, 0.3) is 0 Å². The van der Waals surface area contributed by atoms with E-state index in [2.05, 4.69) is 5.32 Å². The summed E-state index contributed by atoms with van der Waals surface area (Å²) >= 11 is 6.13. The molecule has 3 nitrogen and oxygen atoms in total. The van der Waals surface area contributed by atoms with Gasteiger partial charge in [-0.3, -0.25) is 0 Å². The van der Waals surface area contributed by atoms with Gasteiger partial charge in [-0.15, -0.1) is 0 Å². The van der Waals surface area contributed by atoms with E-state index in [-0.39, 0.29) is 17.7 Å². The van der Waals surface area contributed by atoms with E-state index in [1.54, 1.807) is 18.2 Å². The summed E-state index contributed by atoms with van der Waals surface area (Å²) in [7, 11) is -1.27. The first-order valence-corrected chi connectivity index (χ1v) is 7.67. The molecule has 2 atom stereocenters. The van der Waals surface area contributed by atoms with Gasteiger partial charge >= 0.3 is 0 Å². The Labute approximate surface area is 107 Å². The molecule has 1 aromatic rings. The van der Waals surface area contributed by atoms with Gasteiger partial charge in [-0.1, -0.05) is 17.7 Å². The zero-order chi connectivity index (χ0) is 12.6. The zero-order valence-corrected chi connectivity index (χ0v) is 11.5. The van der Waals surface area contributed by atoms with Gasteiger partial charge in [0.2, 0.25) is 0 Å². The van der Waals surface area contributed by atoms with E-state index in [0.717, 1.165) is 12.0 Å². The summed E-state index contributed by atoms with van der Waals surface area (Å²) in [5.41, 5.74) is 0.802. The average molecular weight is 274 g/mol. The third-order valence-electron chi connectivity index (χ3n) is 3.31. The molecule has 0 radical (unpaired) electrons. The van der Waals surface area contributed by atoms with Gasteiger partial charge in [0, 0.05) is 17.0 Å². The third kappa shape index (κ3) is 2.34. The monoisotopic (exact) mass is 273 g/mol. The predicted molar refractivity (Wildman–Crippen MR) is 69.4 cm³/mol. The highest BCUT2D eigenvalue weighted by Gasteiger charge is 2.36. The molecule has 0 saturated heterocycles. The molecule has 2 unspecified atom stereocenters. The Morgan fingerprint density at radius 3 is 2.88 bits per heavy atom. The molecule has 94 valence electrons. The molecular formula is C12H16ClNO2S. The second-order valence-electron chi connectivity index (χ2n) is 4.56. The number of halogens is 1. The fourth-order valence-electron chi connectivity index (χ4n) is 2.35.